The topological polar surface area (TPSA) is 19.4 Å². The highest BCUT2D eigenvalue weighted by Crippen LogP contribution is 2.23. The van der Waals surface area contributed by atoms with E-state index in [9.17, 15) is 4.39 Å². The summed E-state index contributed by atoms with van der Waals surface area (Å²) in [7, 11) is 0. The summed E-state index contributed by atoms with van der Waals surface area (Å²) in [6.45, 7) is 7.86. The molecule has 154 valence electrons. The van der Waals surface area contributed by atoms with Gasteiger partial charge in [0, 0.05) is 44.3 Å². The molecule has 3 aromatic rings. The van der Waals surface area contributed by atoms with Crippen molar-refractivity contribution in [3.63, 3.8) is 0 Å². The molecule has 3 nitrogen and oxygen atoms in total. The van der Waals surface area contributed by atoms with E-state index in [1.165, 1.54) is 18.7 Å². The lowest BCUT2D eigenvalue weighted by molar-refractivity contribution is 0.258. The first-order chi connectivity index (χ1) is 14.7. The number of anilines is 1. The van der Waals surface area contributed by atoms with E-state index in [1.54, 1.807) is 24.5 Å². The number of rotatable bonds is 6. The Labute approximate surface area is 178 Å². The second-order valence-electron chi connectivity index (χ2n) is 7.76. The number of aromatic nitrogens is 1. The summed E-state index contributed by atoms with van der Waals surface area (Å²) < 4.78 is 14.1. The van der Waals surface area contributed by atoms with Crippen LogP contribution in [0.1, 0.15) is 24.5 Å². The predicted molar refractivity (Wildman–Crippen MR) is 124 cm³/mol. The number of nitrogens with zero attached hydrogens (tertiary/aromatic N) is 3. The molecule has 0 spiro atoms. The lowest BCUT2D eigenvalue weighted by atomic mass is 10.0. The summed E-state index contributed by atoms with van der Waals surface area (Å²) in [6, 6.07) is 17.5. The summed E-state index contributed by atoms with van der Waals surface area (Å²) in [5.41, 5.74) is 5.04. The number of hydrogen-bond acceptors (Lipinski definition) is 3. The van der Waals surface area contributed by atoms with Crippen LogP contribution >= 0.6 is 0 Å². The minimum absolute atomic E-state index is 0.235. The Balaban J connectivity index is 1.43. The van der Waals surface area contributed by atoms with Crippen LogP contribution in [0.4, 0.5) is 10.1 Å². The summed E-state index contributed by atoms with van der Waals surface area (Å²) >= 11 is 0. The van der Waals surface area contributed by atoms with E-state index in [0.29, 0.717) is 0 Å². The Bertz CT molecular complexity index is 975. The second kappa shape index (κ2) is 9.68. The quantitative estimate of drug-likeness (QED) is 0.502. The van der Waals surface area contributed by atoms with Crippen LogP contribution in [0.2, 0.25) is 0 Å². The van der Waals surface area contributed by atoms with Crippen molar-refractivity contribution in [1.29, 1.82) is 0 Å². The minimum Gasteiger partial charge on any atom is -0.369 e. The van der Waals surface area contributed by atoms with Crippen molar-refractivity contribution in [2.75, 3.05) is 37.6 Å². The molecule has 0 saturated carbocycles. The molecule has 1 aromatic heterocycles. The molecule has 30 heavy (non-hydrogen) atoms. The summed E-state index contributed by atoms with van der Waals surface area (Å²) in [5, 5.41) is 0. The smallest absolute Gasteiger partial charge is 0.124 e. The van der Waals surface area contributed by atoms with Crippen LogP contribution in [-0.2, 0) is 0 Å². The molecule has 0 aliphatic carbocycles. The van der Waals surface area contributed by atoms with Crippen LogP contribution in [0, 0.1) is 5.82 Å². The summed E-state index contributed by atoms with van der Waals surface area (Å²) in [5.74, 6) is -0.235. The minimum atomic E-state index is -0.235. The lowest BCUT2D eigenvalue weighted by Gasteiger charge is -2.36. The van der Waals surface area contributed by atoms with E-state index in [-0.39, 0.29) is 5.82 Å². The molecule has 0 bridgehead atoms. The molecule has 1 saturated heterocycles. The maximum atomic E-state index is 14.1. The molecular weight excluding hydrogens is 373 g/mol. The number of piperazine rings is 1. The van der Waals surface area contributed by atoms with Crippen molar-refractivity contribution in [3.8, 4) is 11.1 Å². The van der Waals surface area contributed by atoms with E-state index in [0.717, 1.165) is 48.4 Å². The van der Waals surface area contributed by atoms with Gasteiger partial charge in [0.1, 0.15) is 5.82 Å². The highest BCUT2D eigenvalue weighted by molar-refractivity contribution is 5.74. The SMILES string of the molecule is CCCN1CCN(c2ccc(/C=C/c3cc(F)cc(-c4ccncc4)c3)cc2)CC1. The molecule has 0 atom stereocenters. The summed E-state index contributed by atoms with van der Waals surface area (Å²) in [4.78, 5) is 9.02. The van der Waals surface area contributed by atoms with Crippen LogP contribution in [0.25, 0.3) is 23.3 Å². The molecular formula is C26H28FN3. The maximum Gasteiger partial charge on any atom is 0.124 e. The van der Waals surface area contributed by atoms with Crippen molar-refractivity contribution in [3.05, 3.63) is 83.9 Å². The fourth-order valence-electron chi connectivity index (χ4n) is 3.95. The Morgan fingerprint density at radius 1 is 0.833 bits per heavy atom. The molecule has 0 unspecified atom stereocenters. The molecule has 0 N–H and O–H groups in total. The predicted octanol–water partition coefficient (Wildman–Crippen LogP) is 5.59. The fourth-order valence-corrected chi connectivity index (χ4v) is 3.95. The number of hydrogen-bond donors (Lipinski definition) is 0. The third-order valence-electron chi connectivity index (χ3n) is 5.57. The van der Waals surface area contributed by atoms with E-state index in [1.807, 2.05) is 30.4 Å². The van der Waals surface area contributed by atoms with Crippen molar-refractivity contribution < 1.29 is 4.39 Å². The largest absolute Gasteiger partial charge is 0.369 e. The van der Waals surface area contributed by atoms with Gasteiger partial charge >= 0.3 is 0 Å². The first-order valence-corrected chi connectivity index (χ1v) is 10.7. The van der Waals surface area contributed by atoms with Crippen LogP contribution in [0.5, 0.6) is 0 Å². The first kappa shape index (κ1) is 20.3. The second-order valence-corrected chi connectivity index (χ2v) is 7.76. The third kappa shape index (κ3) is 5.14. The Morgan fingerprint density at radius 3 is 2.23 bits per heavy atom. The molecule has 0 radical (unpaired) electrons. The Kier molecular flexibility index (Phi) is 6.55. The van der Waals surface area contributed by atoms with Gasteiger partial charge in [-0.25, -0.2) is 4.39 Å². The zero-order valence-electron chi connectivity index (χ0n) is 17.5. The summed E-state index contributed by atoms with van der Waals surface area (Å²) in [6.07, 6.45) is 8.67. The van der Waals surface area contributed by atoms with Crippen LogP contribution in [0.3, 0.4) is 0 Å². The van der Waals surface area contributed by atoms with E-state index >= 15 is 0 Å². The highest BCUT2D eigenvalue weighted by Gasteiger charge is 2.16. The van der Waals surface area contributed by atoms with Crippen LogP contribution in [0.15, 0.2) is 67.0 Å². The van der Waals surface area contributed by atoms with Crippen molar-refractivity contribution in [1.82, 2.24) is 9.88 Å². The molecule has 1 aliphatic heterocycles. The average molecular weight is 402 g/mol. The van der Waals surface area contributed by atoms with Crippen molar-refractivity contribution >= 4 is 17.8 Å². The number of pyridine rings is 1. The van der Waals surface area contributed by atoms with Gasteiger partial charge < -0.3 is 4.90 Å². The van der Waals surface area contributed by atoms with Gasteiger partial charge in [-0.15, -0.1) is 0 Å². The molecule has 1 fully saturated rings. The molecule has 2 aromatic carbocycles. The zero-order valence-corrected chi connectivity index (χ0v) is 17.5. The Morgan fingerprint density at radius 2 is 1.53 bits per heavy atom. The van der Waals surface area contributed by atoms with Gasteiger partial charge in [0.2, 0.25) is 0 Å². The van der Waals surface area contributed by atoms with Gasteiger partial charge in [-0.3, -0.25) is 9.88 Å². The fraction of sp³-hybridized carbons (Fsp3) is 0.269. The molecule has 0 amide bonds. The van der Waals surface area contributed by atoms with Gasteiger partial charge in [0.05, 0.1) is 0 Å². The molecule has 2 heterocycles. The van der Waals surface area contributed by atoms with Gasteiger partial charge in [-0.05, 0) is 77.7 Å². The third-order valence-corrected chi connectivity index (χ3v) is 5.57. The van der Waals surface area contributed by atoms with Crippen LogP contribution in [-0.4, -0.2) is 42.6 Å². The molecule has 1 aliphatic rings. The first-order valence-electron chi connectivity index (χ1n) is 10.7. The van der Waals surface area contributed by atoms with Gasteiger partial charge in [-0.1, -0.05) is 31.2 Å². The number of benzene rings is 2. The van der Waals surface area contributed by atoms with E-state index < -0.39 is 0 Å². The van der Waals surface area contributed by atoms with Gasteiger partial charge in [0.25, 0.3) is 0 Å². The standard InChI is InChI=1S/C26H28FN3/c1-2-13-29-14-16-30(17-15-29)26-7-5-21(6-8-26)3-4-22-18-24(20-25(27)19-22)23-9-11-28-12-10-23/h3-12,18-20H,2,13-17H2,1H3/b4-3+. The molecule has 4 heteroatoms. The van der Waals surface area contributed by atoms with Crippen molar-refractivity contribution in [2.24, 2.45) is 0 Å². The van der Waals surface area contributed by atoms with Crippen LogP contribution < -0.4 is 4.90 Å². The normalized spacial score (nSPS) is 15.1. The molecule has 4 rings (SSSR count). The van der Waals surface area contributed by atoms with Gasteiger partial charge in [-0.2, -0.15) is 0 Å². The number of halogens is 1. The zero-order chi connectivity index (χ0) is 20.8. The monoisotopic (exact) mass is 401 g/mol. The van der Waals surface area contributed by atoms with E-state index in [4.69, 9.17) is 0 Å². The van der Waals surface area contributed by atoms with Crippen molar-refractivity contribution in [2.45, 2.75) is 13.3 Å². The lowest BCUT2D eigenvalue weighted by Crippen LogP contribution is -2.46. The highest BCUT2D eigenvalue weighted by atomic mass is 19.1. The van der Waals surface area contributed by atoms with E-state index in [2.05, 4.69) is 46.0 Å². The Hall–Kier alpha value is -2.98. The maximum absolute atomic E-state index is 14.1. The average Bonchev–Trinajstić information content (AvgIpc) is 2.79. The van der Waals surface area contributed by atoms with Gasteiger partial charge in [0.15, 0.2) is 0 Å².